The second-order valence-electron chi connectivity index (χ2n) is 17.0. The Labute approximate surface area is 367 Å². The Balaban J connectivity index is 1.12. The number of pyridine rings is 2. The minimum atomic E-state index is -0.487. The van der Waals surface area contributed by atoms with Crippen molar-refractivity contribution in [3.05, 3.63) is 252 Å². The van der Waals surface area contributed by atoms with Gasteiger partial charge in [0.05, 0.1) is 22.1 Å². The molecule has 0 saturated heterocycles. The van der Waals surface area contributed by atoms with Gasteiger partial charge in [-0.3, -0.25) is 4.98 Å². The summed E-state index contributed by atoms with van der Waals surface area (Å²) in [5, 5.41) is 4.68. The van der Waals surface area contributed by atoms with Crippen molar-refractivity contribution in [2.24, 2.45) is 0 Å². The van der Waals surface area contributed by atoms with Crippen molar-refractivity contribution in [2.75, 3.05) is 0 Å². The molecule has 0 radical (unpaired) electrons. The second-order valence-corrected chi connectivity index (χ2v) is 17.0. The van der Waals surface area contributed by atoms with Crippen LogP contribution in [0.1, 0.15) is 33.4 Å². The van der Waals surface area contributed by atoms with Gasteiger partial charge in [0.25, 0.3) is 0 Å². The summed E-state index contributed by atoms with van der Waals surface area (Å²) in [6.07, 6.45) is 1.95. The molecule has 0 N–H and O–H groups in total. The number of hydrogen-bond donors (Lipinski definition) is 0. The molecule has 2 aromatic heterocycles. The summed E-state index contributed by atoms with van der Waals surface area (Å²) in [6.45, 7) is 4.27. The molecule has 2 heteroatoms. The molecule has 0 atom stereocenters. The molecule has 1 aliphatic carbocycles. The van der Waals surface area contributed by atoms with Crippen molar-refractivity contribution < 1.29 is 0 Å². The lowest BCUT2D eigenvalue weighted by atomic mass is 9.67. The normalized spacial score (nSPS) is 12.7. The molecular formula is C61H42N2. The van der Waals surface area contributed by atoms with Crippen molar-refractivity contribution >= 4 is 32.6 Å². The lowest BCUT2D eigenvalue weighted by Crippen LogP contribution is -2.28. The van der Waals surface area contributed by atoms with Gasteiger partial charge in [0, 0.05) is 22.5 Å². The van der Waals surface area contributed by atoms with Crippen molar-refractivity contribution in [3.8, 4) is 55.8 Å². The van der Waals surface area contributed by atoms with E-state index >= 15 is 0 Å². The minimum Gasteiger partial charge on any atom is -0.254 e. The number of nitrogens with zero attached hydrogens (tertiary/aromatic N) is 2. The van der Waals surface area contributed by atoms with Gasteiger partial charge >= 0.3 is 0 Å². The molecule has 0 aliphatic heterocycles. The van der Waals surface area contributed by atoms with E-state index in [-0.39, 0.29) is 0 Å². The Hall–Kier alpha value is -7.94. The van der Waals surface area contributed by atoms with E-state index in [1.54, 1.807) is 0 Å². The third-order valence-electron chi connectivity index (χ3n) is 13.3. The van der Waals surface area contributed by atoms with Crippen LogP contribution in [-0.4, -0.2) is 9.97 Å². The summed E-state index contributed by atoms with van der Waals surface area (Å²) in [7, 11) is 0. The molecule has 0 fully saturated rings. The Morgan fingerprint density at radius 2 is 0.968 bits per heavy atom. The van der Waals surface area contributed by atoms with Crippen LogP contribution in [-0.2, 0) is 5.41 Å². The van der Waals surface area contributed by atoms with Crippen LogP contribution < -0.4 is 0 Å². The largest absolute Gasteiger partial charge is 0.254 e. The van der Waals surface area contributed by atoms with Crippen molar-refractivity contribution in [1.82, 2.24) is 9.97 Å². The zero-order chi connectivity index (χ0) is 42.1. The van der Waals surface area contributed by atoms with E-state index in [0.29, 0.717) is 0 Å². The lowest BCUT2D eigenvalue weighted by molar-refractivity contribution is 0.768. The van der Waals surface area contributed by atoms with Crippen molar-refractivity contribution in [3.63, 3.8) is 0 Å². The highest BCUT2D eigenvalue weighted by Crippen LogP contribution is 2.58. The van der Waals surface area contributed by atoms with E-state index in [4.69, 9.17) is 9.97 Å². The molecule has 2 nitrogen and oxygen atoms in total. The molecule has 0 spiro atoms. The molecule has 296 valence electrons. The maximum absolute atomic E-state index is 5.46. The van der Waals surface area contributed by atoms with Crippen LogP contribution in [0, 0.1) is 13.8 Å². The fraction of sp³-hybridized carbons (Fsp3) is 0.0492. The van der Waals surface area contributed by atoms with Crippen LogP contribution in [0.5, 0.6) is 0 Å². The molecule has 12 rings (SSSR count). The molecule has 11 aromatic rings. The summed E-state index contributed by atoms with van der Waals surface area (Å²) < 4.78 is 0. The predicted molar refractivity (Wildman–Crippen MR) is 263 cm³/mol. The first-order valence-corrected chi connectivity index (χ1v) is 21.8. The second kappa shape index (κ2) is 14.6. The van der Waals surface area contributed by atoms with Gasteiger partial charge in [0.15, 0.2) is 0 Å². The SMILES string of the molecule is Cc1cnc2c(c1)cc(C)c1ccc(-c3cc(-c4ccccc4-c4cccc5c4-c4ccccc4C5(c4ccccc4)c4ccccc4)cc(-c4cccc5ccccc45)c3)nc12. The molecule has 9 aromatic carbocycles. The van der Waals surface area contributed by atoms with Crippen molar-refractivity contribution in [2.45, 2.75) is 19.3 Å². The minimum absolute atomic E-state index is 0.487. The standard InChI is InChI=1S/C61H42N2/c1-39-33-45-34-40(2)48-31-32-57(63-60(48)59(45)62-38-39)44-36-42(50-27-15-18-41-17-9-10-23-49(41)50)35-43(37-44)51-24-11-12-25-52(51)53-28-16-30-56-58(53)54-26-13-14-29-55(54)61(56,46-19-5-3-6-20-46)47-21-7-4-8-22-47/h3-38H,1-2H3. The molecular weight excluding hydrogens is 761 g/mol. The topological polar surface area (TPSA) is 25.8 Å². The number of hydrogen-bond acceptors (Lipinski definition) is 2. The third-order valence-corrected chi connectivity index (χ3v) is 13.3. The van der Waals surface area contributed by atoms with Gasteiger partial charge in [-0.05, 0) is 139 Å². The highest BCUT2D eigenvalue weighted by Gasteiger charge is 2.46. The molecule has 2 heterocycles. The fourth-order valence-corrected chi connectivity index (χ4v) is 10.6. The van der Waals surface area contributed by atoms with Crippen molar-refractivity contribution in [1.29, 1.82) is 0 Å². The Morgan fingerprint density at radius 3 is 1.76 bits per heavy atom. The third kappa shape index (κ3) is 5.79. The van der Waals surface area contributed by atoms with E-state index in [2.05, 4.69) is 226 Å². The lowest BCUT2D eigenvalue weighted by Gasteiger charge is -2.34. The Bertz CT molecular complexity index is 3540. The summed E-state index contributed by atoms with van der Waals surface area (Å²) in [6, 6.07) is 78.2. The van der Waals surface area contributed by atoms with Gasteiger partial charge in [0.1, 0.15) is 0 Å². The fourth-order valence-electron chi connectivity index (χ4n) is 10.6. The number of fused-ring (bicyclic) bond motifs is 7. The van der Waals surface area contributed by atoms with E-state index in [9.17, 15) is 0 Å². The highest BCUT2D eigenvalue weighted by atomic mass is 14.8. The van der Waals surface area contributed by atoms with Crippen LogP contribution in [0.3, 0.4) is 0 Å². The molecule has 63 heavy (non-hydrogen) atoms. The Morgan fingerprint density at radius 1 is 0.381 bits per heavy atom. The zero-order valence-corrected chi connectivity index (χ0v) is 35.2. The van der Waals surface area contributed by atoms with Gasteiger partial charge in [-0.1, -0.05) is 176 Å². The maximum atomic E-state index is 5.46. The summed E-state index contributed by atoms with van der Waals surface area (Å²) >= 11 is 0. The maximum Gasteiger partial charge on any atom is 0.0974 e. The zero-order valence-electron chi connectivity index (χ0n) is 35.2. The van der Waals surface area contributed by atoms with E-state index in [0.717, 1.165) is 49.8 Å². The summed E-state index contributed by atoms with van der Waals surface area (Å²) in [5.74, 6) is 0. The first kappa shape index (κ1) is 36.9. The first-order chi connectivity index (χ1) is 31.1. The predicted octanol–water partition coefficient (Wildman–Crippen LogP) is 15.6. The average molecular weight is 803 g/mol. The van der Waals surface area contributed by atoms with E-state index < -0.39 is 5.41 Å². The molecule has 0 saturated carbocycles. The quantitative estimate of drug-likeness (QED) is 0.157. The van der Waals surface area contributed by atoms with E-state index in [1.165, 1.54) is 72.0 Å². The van der Waals surface area contributed by atoms with Crippen LogP contribution in [0.4, 0.5) is 0 Å². The molecule has 0 unspecified atom stereocenters. The van der Waals surface area contributed by atoms with Gasteiger partial charge in [-0.2, -0.15) is 0 Å². The first-order valence-electron chi connectivity index (χ1n) is 21.8. The smallest absolute Gasteiger partial charge is 0.0974 e. The van der Waals surface area contributed by atoms with E-state index in [1.807, 2.05) is 6.20 Å². The molecule has 1 aliphatic rings. The van der Waals surface area contributed by atoms with Gasteiger partial charge in [-0.25, -0.2) is 4.98 Å². The summed E-state index contributed by atoms with van der Waals surface area (Å²) in [4.78, 5) is 10.4. The number of rotatable bonds is 6. The molecule has 0 bridgehead atoms. The highest BCUT2D eigenvalue weighted by molar-refractivity contribution is 6.06. The van der Waals surface area contributed by atoms with Crippen LogP contribution in [0.15, 0.2) is 219 Å². The Kier molecular flexibility index (Phi) is 8.55. The van der Waals surface area contributed by atoms with Gasteiger partial charge < -0.3 is 0 Å². The van der Waals surface area contributed by atoms with Crippen LogP contribution >= 0.6 is 0 Å². The summed E-state index contributed by atoms with van der Waals surface area (Å²) in [5.41, 5.74) is 20.4. The monoisotopic (exact) mass is 802 g/mol. The molecule has 0 amide bonds. The van der Waals surface area contributed by atoms with Gasteiger partial charge in [-0.15, -0.1) is 0 Å². The average Bonchev–Trinajstić information content (AvgIpc) is 3.65. The van der Waals surface area contributed by atoms with Crippen LogP contribution in [0.2, 0.25) is 0 Å². The van der Waals surface area contributed by atoms with Gasteiger partial charge in [0.2, 0.25) is 0 Å². The number of benzene rings is 9. The number of aromatic nitrogens is 2. The van der Waals surface area contributed by atoms with Crippen LogP contribution in [0.25, 0.3) is 88.3 Å². The number of aryl methyl sites for hydroxylation is 2.